The molecule has 110 valence electrons. The second-order valence-corrected chi connectivity index (χ2v) is 4.38. The molecule has 22 heavy (non-hydrogen) atoms. The van der Waals surface area contributed by atoms with Crippen LogP contribution in [0, 0.1) is 23.7 Å². The average molecular weight is 292 g/mol. The van der Waals surface area contributed by atoms with E-state index < -0.39 is 0 Å². The van der Waals surface area contributed by atoms with Gasteiger partial charge in [0.2, 0.25) is 0 Å². The molecule has 2 rings (SSSR count). The van der Waals surface area contributed by atoms with E-state index in [-0.39, 0.29) is 0 Å². The van der Waals surface area contributed by atoms with Gasteiger partial charge in [-0.1, -0.05) is 12.0 Å². The van der Waals surface area contributed by atoms with Gasteiger partial charge in [0, 0.05) is 5.56 Å². The Bertz CT molecular complexity index is 805. The minimum absolute atomic E-state index is 0.541. The third-order valence-electron chi connectivity index (χ3n) is 2.95. The molecule has 0 aliphatic carbocycles. The maximum atomic E-state index is 5.82. The maximum absolute atomic E-state index is 5.82. The van der Waals surface area contributed by atoms with Crippen LogP contribution in [0.3, 0.4) is 0 Å². The van der Waals surface area contributed by atoms with Crippen LogP contribution in [0.2, 0.25) is 0 Å². The standard InChI is InChI=1S/C18H16N2O2/c1-21-17-11-10-13(12-16(17)20)6-3-4-7-14-8-5-9-15(19)18(14)22-2/h5,8-12H,19-20H2,1-2H3. The van der Waals surface area contributed by atoms with E-state index in [2.05, 4.69) is 23.7 Å². The number of benzene rings is 2. The van der Waals surface area contributed by atoms with Gasteiger partial charge in [0.25, 0.3) is 0 Å². The summed E-state index contributed by atoms with van der Waals surface area (Å²) in [6.45, 7) is 0. The van der Waals surface area contributed by atoms with Crippen molar-refractivity contribution in [1.82, 2.24) is 0 Å². The summed E-state index contributed by atoms with van der Waals surface area (Å²) in [7, 11) is 3.13. The minimum Gasteiger partial charge on any atom is -0.495 e. The van der Waals surface area contributed by atoms with Crippen molar-refractivity contribution in [3.8, 4) is 35.2 Å². The highest BCUT2D eigenvalue weighted by atomic mass is 16.5. The molecule has 0 aromatic heterocycles. The third kappa shape index (κ3) is 3.45. The van der Waals surface area contributed by atoms with E-state index in [1.165, 1.54) is 0 Å². The molecule has 4 nitrogen and oxygen atoms in total. The number of nitrogen functional groups attached to an aromatic ring is 2. The number of hydrogen-bond donors (Lipinski definition) is 2. The van der Waals surface area contributed by atoms with Gasteiger partial charge in [-0.2, -0.15) is 0 Å². The molecule has 0 radical (unpaired) electrons. The fourth-order valence-corrected chi connectivity index (χ4v) is 1.90. The van der Waals surface area contributed by atoms with Gasteiger partial charge in [0.1, 0.15) is 5.75 Å². The molecule has 0 aliphatic heterocycles. The van der Waals surface area contributed by atoms with Gasteiger partial charge in [0.15, 0.2) is 5.75 Å². The van der Waals surface area contributed by atoms with Gasteiger partial charge in [-0.3, -0.25) is 0 Å². The molecule has 0 fully saturated rings. The molecule has 0 bridgehead atoms. The van der Waals surface area contributed by atoms with Gasteiger partial charge in [-0.15, -0.1) is 0 Å². The van der Waals surface area contributed by atoms with Crippen molar-refractivity contribution in [3.63, 3.8) is 0 Å². The largest absolute Gasteiger partial charge is 0.495 e. The van der Waals surface area contributed by atoms with Gasteiger partial charge < -0.3 is 20.9 Å². The van der Waals surface area contributed by atoms with Gasteiger partial charge >= 0.3 is 0 Å². The van der Waals surface area contributed by atoms with Crippen LogP contribution in [0.5, 0.6) is 11.5 Å². The molecule has 0 aliphatic rings. The molecule has 0 amide bonds. The van der Waals surface area contributed by atoms with E-state index >= 15 is 0 Å². The summed E-state index contributed by atoms with van der Waals surface area (Å²) in [6.07, 6.45) is 0. The highest BCUT2D eigenvalue weighted by molar-refractivity contribution is 5.63. The smallest absolute Gasteiger partial charge is 0.157 e. The summed E-state index contributed by atoms with van der Waals surface area (Å²) in [5, 5.41) is 0. The Labute approximate surface area is 130 Å². The van der Waals surface area contributed by atoms with Crippen molar-refractivity contribution in [2.24, 2.45) is 0 Å². The van der Waals surface area contributed by atoms with Crippen LogP contribution < -0.4 is 20.9 Å². The van der Waals surface area contributed by atoms with Crippen molar-refractivity contribution in [2.45, 2.75) is 0 Å². The van der Waals surface area contributed by atoms with E-state index in [0.717, 1.165) is 5.56 Å². The van der Waals surface area contributed by atoms with Crippen LogP contribution in [-0.2, 0) is 0 Å². The van der Waals surface area contributed by atoms with Crippen LogP contribution >= 0.6 is 0 Å². The summed E-state index contributed by atoms with van der Waals surface area (Å²) < 4.78 is 10.3. The Morgan fingerprint density at radius 3 is 2.32 bits per heavy atom. The zero-order chi connectivity index (χ0) is 15.9. The first kappa shape index (κ1) is 15.2. The lowest BCUT2D eigenvalue weighted by Gasteiger charge is -2.05. The fourth-order valence-electron chi connectivity index (χ4n) is 1.90. The number of methoxy groups -OCH3 is 2. The monoisotopic (exact) mass is 292 g/mol. The SMILES string of the molecule is COc1ccc(C#CC#Cc2cccc(N)c2OC)cc1N. The quantitative estimate of drug-likeness (QED) is 0.658. The fraction of sp³-hybridized carbons (Fsp3) is 0.111. The van der Waals surface area contributed by atoms with E-state index in [0.29, 0.717) is 28.4 Å². The van der Waals surface area contributed by atoms with E-state index in [4.69, 9.17) is 20.9 Å². The summed E-state index contributed by atoms with van der Waals surface area (Å²) in [5.74, 6) is 12.6. The zero-order valence-electron chi connectivity index (χ0n) is 12.4. The molecular weight excluding hydrogens is 276 g/mol. The predicted molar refractivity (Wildman–Crippen MR) is 88.6 cm³/mol. The first-order chi connectivity index (χ1) is 10.7. The Hall–Kier alpha value is -3.24. The number of nitrogens with two attached hydrogens (primary N) is 2. The Morgan fingerprint density at radius 1 is 0.864 bits per heavy atom. The molecule has 4 N–H and O–H groups in total. The number of hydrogen-bond acceptors (Lipinski definition) is 4. The summed E-state index contributed by atoms with van der Waals surface area (Å²) in [4.78, 5) is 0. The van der Waals surface area contributed by atoms with Gasteiger partial charge in [0.05, 0.1) is 31.2 Å². The van der Waals surface area contributed by atoms with E-state index in [1.54, 1.807) is 32.4 Å². The highest BCUT2D eigenvalue weighted by Crippen LogP contribution is 2.24. The van der Waals surface area contributed by atoms with Crippen LogP contribution in [0.15, 0.2) is 36.4 Å². The summed E-state index contributed by atoms with van der Waals surface area (Å²) in [6, 6.07) is 10.7. The van der Waals surface area contributed by atoms with Gasteiger partial charge in [-0.05, 0) is 48.1 Å². The molecular formula is C18H16N2O2. The van der Waals surface area contributed by atoms with Crippen molar-refractivity contribution >= 4 is 11.4 Å². The molecule has 0 atom stereocenters. The number of para-hydroxylation sites is 1. The minimum atomic E-state index is 0.541. The van der Waals surface area contributed by atoms with Crippen molar-refractivity contribution in [2.75, 3.05) is 25.7 Å². The first-order valence-corrected chi connectivity index (χ1v) is 6.53. The number of anilines is 2. The average Bonchev–Trinajstić information content (AvgIpc) is 2.52. The van der Waals surface area contributed by atoms with Crippen LogP contribution in [0.1, 0.15) is 11.1 Å². The zero-order valence-corrected chi connectivity index (χ0v) is 12.4. The van der Waals surface area contributed by atoms with Crippen molar-refractivity contribution in [3.05, 3.63) is 47.5 Å². The Balaban J connectivity index is 2.22. The van der Waals surface area contributed by atoms with E-state index in [1.807, 2.05) is 18.2 Å². The molecule has 0 unspecified atom stereocenters. The Morgan fingerprint density at radius 2 is 1.64 bits per heavy atom. The molecule has 0 saturated heterocycles. The molecule has 2 aromatic carbocycles. The van der Waals surface area contributed by atoms with Crippen LogP contribution in [0.25, 0.3) is 0 Å². The lowest BCUT2D eigenvalue weighted by atomic mass is 10.1. The second-order valence-electron chi connectivity index (χ2n) is 4.38. The van der Waals surface area contributed by atoms with Crippen molar-refractivity contribution < 1.29 is 9.47 Å². The van der Waals surface area contributed by atoms with Crippen molar-refractivity contribution in [1.29, 1.82) is 0 Å². The maximum Gasteiger partial charge on any atom is 0.157 e. The lowest BCUT2D eigenvalue weighted by molar-refractivity contribution is 0.416. The molecule has 4 heteroatoms. The first-order valence-electron chi connectivity index (χ1n) is 6.53. The molecule has 0 spiro atoms. The van der Waals surface area contributed by atoms with Gasteiger partial charge in [-0.25, -0.2) is 0 Å². The normalized spacial score (nSPS) is 9.00. The molecule has 0 saturated carbocycles. The van der Waals surface area contributed by atoms with Crippen LogP contribution in [-0.4, -0.2) is 14.2 Å². The third-order valence-corrected chi connectivity index (χ3v) is 2.95. The predicted octanol–water partition coefficient (Wildman–Crippen LogP) is 2.27. The number of ether oxygens (including phenoxy) is 2. The van der Waals surface area contributed by atoms with E-state index in [9.17, 15) is 0 Å². The highest BCUT2D eigenvalue weighted by Gasteiger charge is 2.02. The Kier molecular flexibility index (Phi) is 4.80. The van der Waals surface area contributed by atoms with Crippen LogP contribution in [0.4, 0.5) is 11.4 Å². The topological polar surface area (TPSA) is 70.5 Å². The lowest BCUT2D eigenvalue weighted by Crippen LogP contribution is -1.94. The number of rotatable bonds is 2. The molecule has 2 aromatic rings. The summed E-state index contributed by atoms with van der Waals surface area (Å²) >= 11 is 0. The molecule has 0 heterocycles. The summed E-state index contributed by atoms with van der Waals surface area (Å²) in [5.41, 5.74) is 14.2. The second kappa shape index (κ2) is 6.97.